The number of benzene rings is 1. The lowest BCUT2D eigenvalue weighted by atomic mass is 10.1. The van der Waals surface area contributed by atoms with Gasteiger partial charge in [0.1, 0.15) is 0 Å². The summed E-state index contributed by atoms with van der Waals surface area (Å²) < 4.78 is 11.2. The topological polar surface area (TPSA) is 59.6 Å². The van der Waals surface area contributed by atoms with Gasteiger partial charge in [-0.15, -0.1) is 12.4 Å². The van der Waals surface area contributed by atoms with Crippen LogP contribution in [0.2, 0.25) is 5.02 Å². The van der Waals surface area contributed by atoms with Crippen molar-refractivity contribution in [1.82, 2.24) is 10.6 Å². The summed E-state index contributed by atoms with van der Waals surface area (Å²) >= 11 is 6.27. The first kappa shape index (κ1) is 19.9. The van der Waals surface area contributed by atoms with Gasteiger partial charge in [-0.05, 0) is 38.4 Å². The Morgan fingerprint density at radius 2 is 2.17 bits per heavy atom. The number of carbonyl (C=O) groups excluding carboxylic acids is 1. The van der Waals surface area contributed by atoms with Gasteiger partial charge >= 0.3 is 0 Å². The quantitative estimate of drug-likeness (QED) is 0.782. The van der Waals surface area contributed by atoms with Crippen LogP contribution >= 0.6 is 24.0 Å². The molecule has 2 N–H and O–H groups in total. The van der Waals surface area contributed by atoms with Crippen molar-refractivity contribution in [2.75, 3.05) is 26.3 Å². The Bertz CT molecular complexity index is 520. The number of ether oxygens (including phenoxy) is 2. The van der Waals surface area contributed by atoms with Gasteiger partial charge in [0.15, 0.2) is 11.5 Å². The molecular formula is C16H24Cl2N2O3. The van der Waals surface area contributed by atoms with Crippen molar-refractivity contribution in [1.29, 1.82) is 0 Å². The van der Waals surface area contributed by atoms with Gasteiger partial charge in [-0.1, -0.05) is 18.5 Å². The fourth-order valence-corrected chi connectivity index (χ4v) is 2.62. The SMILES string of the molecule is CCCOc1c(Cl)cc(C(=O)NC2CCNC2)cc1OCC.Cl. The van der Waals surface area contributed by atoms with E-state index >= 15 is 0 Å². The molecule has 0 aromatic heterocycles. The van der Waals surface area contributed by atoms with E-state index in [1.165, 1.54) is 0 Å². The van der Waals surface area contributed by atoms with Crippen LogP contribution in [0, 0.1) is 0 Å². The number of rotatable bonds is 7. The smallest absolute Gasteiger partial charge is 0.251 e. The summed E-state index contributed by atoms with van der Waals surface area (Å²) in [5.74, 6) is 0.876. The second kappa shape index (κ2) is 9.85. The van der Waals surface area contributed by atoms with E-state index in [-0.39, 0.29) is 24.4 Å². The highest BCUT2D eigenvalue weighted by atomic mass is 35.5. The predicted octanol–water partition coefficient (Wildman–Crippen LogP) is 3.04. The molecule has 0 bridgehead atoms. The molecule has 0 radical (unpaired) electrons. The van der Waals surface area contributed by atoms with Crippen molar-refractivity contribution < 1.29 is 14.3 Å². The second-order valence-corrected chi connectivity index (χ2v) is 5.64. The predicted molar refractivity (Wildman–Crippen MR) is 94.4 cm³/mol. The van der Waals surface area contributed by atoms with E-state index in [0.717, 1.165) is 25.9 Å². The Balaban J connectivity index is 0.00000264. The third kappa shape index (κ3) is 5.44. The molecule has 0 spiro atoms. The lowest BCUT2D eigenvalue weighted by Crippen LogP contribution is -2.36. The van der Waals surface area contributed by atoms with E-state index in [1.54, 1.807) is 12.1 Å². The molecule has 1 aliphatic rings. The van der Waals surface area contributed by atoms with Gasteiger partial charge in [0.25, 0.3) is 5.91 Å². The molecular weight excluding hydrogens is 339 g/mol. The molecule has 7 heteroatoms. The van der Waals surface area contributed by atoms with Crippen LogP contribution in [0.4, 0.5) is 0 Å². The largest absolute Gasteiger partial charge is 0.490 e. The van der Waals surface area contributed by atoms with Crippen LogP contribution in [-0.4, -0.2) is 38.3 Å². The van der Waals surface area contributed by atoms with Gasteiger partial charge in [-0.3, -0.25) is 4.79 Å². The molecule has 1 atom stereocenters. The minimum Gasteiger partial charge on any atom is -0.490 e. The molecule has 0 aliphatic carbocycles. The Hall–Kier alpha value is -1.17. The first-order chi connectivity index (χ1) is 10.7. The number of amides is 1. The normalized spacial score (nSPS) is 16.6. The van der Waals surface area contributed by atoms with Gasteiger partial charge in [-0.25, -0.2) is 0 Å². The van der Waals surface area contributed by atoms with Crippen molar-refractivity contribution in [2.24, 2.45) is 0 Å². The van der Waals surface area contributed by atoms with Crippen LogP contribution in [-0.2, 0) is 0 Å². The standard InChI is InChI=1S/C16H23ClN2O3.ClH/c1-3-7-22-15-13(17)8-11(9-14(15)21-4-2)16(20)19-12-5-6-18-10-12;/h8-9,12,18H,3-7,10H2,1-2H3,(H,19,20);1H. The number of nitrogens with one attached hydrogen (secondary N) is 2. The molecule has 23 heavy (non-hydrogen) atoms. The Kier molecular flexibility index (Phi) is 8.52. The van der Waals surface area contributed by atoms with Crippen LogP contribution in [0.5, 0.6) is 11.5 Å². The second-order valence-electron chi connectivity index (χ2n) is 5.23. The maximum absolute atomic E-state index is 12.3. The van der Waals surface area contributed by atoms with E-state index in [1.807, 2.05) is 13.8 Å². The number of carbonyl (C=O) groups is 1. The average molecular weight is 363 g/mol. The van der Waals surface area contributed by atoms with Crippen molar-refractivity contribution in [3.63, 3.8) is 0 Å². The lowest BCUT2D eigenvalue weighted by Gasteiger charge is -2.16. The minimum absolute atomic E-state index is 0. The summed E-state index contributed by atoms with van der Waals surface area (Å²) in [6.07, 6.45) is 1.81. The van der Waals surface area contributed by atoms with Gasteiger partial charge in [-0.2, -0.15) is 0 Å². The van der Waals surface area contributed by atoms with Crippen LogP contribution in [0.1, 0.15) is 37.0 Å². The number of hydrogen-bond acceptors (Lipinski definition) is 4. The first-order valence-corrected chi connectivity index (χ1v) is 8.14. The maximum atomic E-state index is 12.3. The molecule has 0 saturated carbocycles. The lowest BCUT2D eigenvalue weighted by molar-refractivity contribution is 0.0939. The zero-order chi connectivity index (χ0) is 15.9. The molecule has 1 aliphatic heterocycles. The van der Waals surface area contributed by atoms with Gasteiger partial charge in [0.2, 0.25) is 0 Å². The number of halogens is 2. The Labute approximate surface area is 148 Å². The minimum atomic E-state index is -0.140. The highest BCUT2D eigenvalue weighted by Crippen LogP contribution is 2.36. The van der Waals surface area contributed by atoms with E-state index < -0.39 is 0 Å². The molecule has 1 amide bonds. The summed E-state index contributed by atoms with van der Waals surface area (Å²) in [6, 6.07) is 3.49. The van der Waals surface area contributed by atoms with Crippen LogP contribution in [0.15, 0.2) is 12.1 Å². The van der Waals surface area contributed by atoms with Gasteiger partial charge in [0.05, 0.1) is 18.2 Å². The maximum Gasteiger partial charge on any atom is 0.251 e. The van der Waals surface area contributed by atoms with Crippen LogP contribution in [0.25, 0.3) is 0 Å². The highest BCUT2D eigenvalue weighted by molar-refractivity contribution is 6.32. The molecule has 1 fully saturated rings. The monoisotopic (exact) mass is 362 g/mol. The highest BCUT2D eigenvalue weighted by Gasteiger charge is 2.20. The molecule has 2 rings (SSSR count). The molecule has 1 unspecified atom stereocenters. The summed E-state index contributed by atoms with van der Waals surface area (Å²) in [4.78, 5) is 12.3. The number of hydrogen-bond donors (Lipinski definition) is 2. The molecule has 1 heterocycles. The van der Waals surface area contributed by atoms with Crippen molar-refractivity contribution >= 4 is 29.9 Å². The van der Waals surface area contributed by atoms with E-state index in [2.05, 4.69) is 10.6 Å². The molecule has 1 aromatic rings. The zero-order valence-electron chi connectivity index (χ0n) is 13.5. The van der Waals surface area contributed by atoms with E-state index in [9.17, 15) is 4.79 Å². The summed E-state index contributed by atoms with van der Waals surface area (Å²) in [5.41, 5.74) is 0.490. The van der Waals surface area contributed by atoms with E-state index in [4.69, 9.17) is 21.1 Å². The first-order valence-electron chi connectivity index (χ1n) is 7.76. The van der Waals surface area contributed by atoms with Crippen LogP contribution < -0.4 is 20.1 Å². The van der Waals surface area contributed by atoms with Gasteiger partial charge < -0.3 is 20.1 Å². The Morgan fingerprint density at radius 1 is 1.39 bits per heavy atom. The fraction of sp³-hybridized carbons (Fsp3) is 0.562. The Morgan fingerprint density at radius 3 is 2.78 bits per heavy atom. The molecule has 130 valence electrons. The van der Waals surface area contributed by atoms with Crippen molar-refractivity contribution in [3.8, 4) is 11.5 Å². The zero-order valence-corrected chi connectivity index (χ0v) is 15.1. The van der Waals surface area contributed by atoms with Crippen molar-refractivity contribution in [3.05, 3.63) is 22.7 Å². The molecule has 1 aromatic carbocycles. The summed E-state index contributed by atoms with van der Waals surface area (Å²) in [7, 11) is 0. The average Bonchev–Trinajstić information content (AvgIpc) is 2.99. The molecule has 1 saturated heterocycles. The van der Waals surface area contributed by atoms with Crippen molar-refractivity contribution in [2.45, 2.75) is 32.7 Å². The molecule has 5 nitrogen and oxygen atoms in total. The summed E-state index contributed by atoms with van der Waals surface area (Å²) in [6.45, 7) is 6.67. The third-order valence-electron chi connectivity index (χ3n) is 3.42. The van der Waals surface area contributed by atoms with Crippen LogP contribution in [0.3, 0.4) is 0 Å². The summed E-state index contributed by atoms with van der Waals surface area (Å²) in [5, 5.41) is 6.61. The van der Waals surface area contributed by atoms with E-state index in [0.29, 0.717) is 35.3 Å². The van der Waals surface area contributed by atoms with Gasteiger partial charge in [0, 0.05) is 18.2 Å². The fourth-order valence-electron chi connectivity index (χ4n) is 2.35. The third-order valence-corrected chi connectivity index (χ3v) is 3.70.